The molecule has 1 aromatic heterocycles. The lowest BCUT2D eigenvalue weighted by atomic mass is 10.2. The summed E-state index contributed by atoms with van der Waals surface area (Å²) < 4.78 is 15.5. The first-order chi connectivity index (χ1) is 7.66. The highest BCUT2D eigenvalue weighted by Gasteiger charge is 2.05. The molecule has 0 amide bonds. The molecule has 0 spiro atoms. The molecule has 6 heteroatoms. The van der Waals surface area contributed by atoms with Crippen LogP contribution in [0.3, 0.4) is 0 Å². The monoisotopic (exact) mass is 301 g/mol. The van der Waals surface area contributed by atoms with Gasteiger partial charge in [-0.05, 0) is 17.7 Å². The van der Waals surface area contributed by atoms with Gasteiger partial charge in [0.05, 0.1) is 0 Å². The van der Waals surface area contributed by atoms with Crippen LogP contribution in [0.15, 0.2) is 34.2 Å². The molecular weight excluding hydrogens is 293 g/mol. The fraction of sp³-hybridized carbons (Fsp3) is 0.200. The van der Waals surface area contributed by atoms with Gasteiger partial charge in [0.15, 0.2) is 5.16 Å². The molecule has 0 aliphatic rings. The zero-order valence-electron chi connectivity index (χ0n) is 8.52. The van der Waals surface area contributed by atoms with Crippen molar-refractivity contribution < 1.29 is 4.39 Å². The summed E-state index contributed by atoms with van der Waals surface area (Å²) >= 11 is 4.90. The first kappa shape index (κ1) is 11.6. The van der Waals surface area contributed by atoms with Crippen molar-refractivity contribution in [3.63, 3.8) is 0 Å². The number of hydrogen-bond acceptors (Lipinski definition) is 3. The Morgan fingerprint density at radius 3 is 2.94 bits per heavy atom. The average Bonchev–Trinajstić information content (AvgIpc) is 2.63. The molecule has 0 fully saturated rings. The number of hydrogen-bond donors (Lipinski definition) is 0. The molecule has 0 saturated heterocycles. The van der Waals surface area contributed by atoms with E-state index in [9.17, 15) is 4.39 Å². The van der Waals surface area contributed by atoms with E-state index in [1.165, 1.54) is 12.1 Å². The molecule has 0 saturated carbocycles. The predicted molar refractivity (Wildman–Crippen MR) is 64.7 cm³/mol. The first-order valence-corrected chi connectivity index (χ1v) is 6.35. The summed E-state index contributed by atoms with van der Waals surface area (Å²) in [7, 11) is 1.89. The van der Waals surface area contributed by atoms with Crippen molar-refractivity contribution in [2.45, 2.75) is 10.9 Å². The van der Waals surface area contributed by atoms with Gasteiger partial charge in [-0.2, -0.15) is 0 Å². The second-order valence-corrected chi connectivity index (χ2v) is 5.05. The third-order valence-electron chi connectivity index (χ3n) is 2.04. The van der Waals surface area contributed by atoms with E-state index < -0.39 is 0 Å². The quantitative estimate of drug-likeness (QED) is 0.817. The van der Waals surface area contributed by atoms with Crippen LogP contribution in [0.25, 0.3) is 0 Å². The highest BCUT2D eigenvalue weighted by atomic mass is 79.9. The van der Waals surface area contributed by atoms with Crippen molar-refractivity contribution in [3.05, 3.63) is 40.4 Å². The Kier molecular flexibility index (Phi) is 3.60. The van der Waals surface area contributed by atoms with E-state index >= 15 is 0 Å². The second-order valence-electron chi connectivity index (χ2n) is 3.25. The van der Waals surface area contributed by atoms with Crippen LogP contribution in [0.1, 0.15) is 5.56 Å². The van der Waals surface area contributed by atoms with Gasteiger partial charge in [0.25, 0.3) is 0 Å². The minimum absolute atomic E-state index is 0.237. The van der Waals surface area contributed by atoms with Gasteiger partial charge in [-0.15, -0.1) is 10.2 Å². The molecule has 0 aliphatic heterocycles. The number of aryl methyl sites for hydroxylation is 1. The molecule has 0 atom stereocenters. The third-order valence-corrected chi connectivity index (χ3v) is 3.86. The maximum absolute atomic E-state index is 12.9. The number of halogens is 2. The Morgan fingerprint density at radius 2 is 2.31 bits per heavy atom. The molecule has 3 nitrogen and oxygen atoms in total. The number of rotatable bonds is 3. The molecule has 0 N–H and O–H groups in total. The van der Waals surface area contributed by atoms with E-state index in [1.54, 1.807) is 24.2 Å². The van der Waals surface area contributed by atoms with E-state index in [0.29, 0.717) is 0 Å². The molecule has 2 aromatic rings. The Morgan fingerprint density at radius 1 is 1.50 bits per heavy atom. The van der Waals surface area contributed by atoms with Gasteiger partial charge in [0.1, 0.15) is 12.1 Å². The summed E-state index contributed by atoms with van der Waals surface area (Å²) in [5, 5.41) is 8.60. The molecule has 2 rings (SSSR count). The van der Waals surface area contributed by atoms with Gasteiger partial charge in [-0.3, -0.25) is 0 Å². The first-order valence-electron chi connectivity index (χ1n) is 4.57. The number of thioether (sulfide) groups is 1. The van der Waals surface area contributed by atoms with E-state index in [4.69, 9.17) is 0 Å². The number of benzene rings is 1. The Labute approximate surface area is 105 Å². The second kappa shape index (κ2) is 4.97. The van der Waals surface area contributed by atoms with Crippen LogP contribution in [0.5, 0.6) is 0 Å². The van der Waals surface area contributed by atoms with Gasteiger partial charge in [-0.25, -0.2) is 4.39 Å². The van der Waals surface area contributed by atoms with Crippen molar-refractivity contribution in [3.8, 4) is 0 Å². The van der Waals surface area contributed by atoms with Crippen LogP contribution in [0, 0.1) is 5.82 Å². The summed E-state index contributed by atoms with van der Waals surface area (Å²) in [5.41, 5.74) is 1.04. The molecule has 0 unspecified atom stereocenters. The van der Waals surface area contributed by atoms with Crippen molar-refractivity contribution in [2.24, 2.45) is 7.05 Å². The topological polar surface area (TPSA) is 30.7 Å². The summed E-state index contributed by atoms with van der Waals surface area (Å²) in [6.45, 7) is 0. The van der Waals surface area contributed by atoms with Crippen LogP contribution in [-0.4, -0.2) is 14.8 Å². The summed E-state index contributed by atoms with van der Waals surface area (Å²) in [4.78, 5) is 0. The van der Waals surface area contributed by atoms with Gasteiger partial charge in [0, 0.05) is 17.3 Å². The Hall–Kier alpha value is -0.880. The van der Waals surface area contributed by atoms with Crippen molar-refractivity contribution in [1.29, 1.82) is 0 Å². The summed E-state index contributed by atoms with van der Waals surface area (Å²) in [6.07, 6.45) is 1.65. The minimum Gasteiger partial charge on any atom is -0.312 e. The fourth-order valence-corrected chi connectivity index (χ4v) is 2.75. The highest BCUT2D eigenvalue weighted by Crippen LogP contribution is 2.25. The van der Waals surface area contributed by atoms with E-state index in [2.05, 4.69) is 26.1 Å². The maximum Gasteiger partial charge on any atom is 0.191 e. The van der Waals surface area contributed by atoms with Gasteiger partial charge < -0.3 is 4.57 Å². The molecule has 16 heavy (non-hydrogen) atoms. The number of nitrogens with zero attached hydrogens (tertiary/aromatic N) is 3. The standard InChI is InChI=1S/C10H9BrFN3S/c1-15-6-13-14-10(15)16-5-7-2-3-8(12)4-9(7)11/h2-4,6H,5H2,1H3. The molecule has 0 radical (unpaired) electrons. The molecule has 1 aromatic carbocycles. The van der Waals surface area contributed by atoms with Crippen LogP contribution >= 0.6 is 27.7 Å². The van der Waals surface area contributed by atoms with Gasteiger partial charge in [-0.1, -0.05) is 33.8 Å². The fourth-order valence-electron chi connectivity index (χ4n) is 1.18. The summed E-state index contributed by atoms with van der Waals surface area (Å²) in [5.74, 6) is 0.493. The summed E-state index contributed by atoms with van der Waals surface area (Å²) in [6, 6.07) is 4.69. The molecule has 0 aliphatic carbocycles. The lowest BCUT2D eigenvalue weighted by molar-refractivity contribution is 0.626. The zero-order chi connectivity index (χ0) is 11.5. The molecule has 0 bridgehead atoms. The van der Waals surface area contributed by atoms with Crippen LogP contribution in [0.2, 0.25) is 0 Å². The van der Waals surface area contributed by atoms with Crippen LogP contribution in [0.4, 0.5) is 4.39 Å². The molecule has 1 heterocycles. The molecule has 84 valence electrons. The molecular formula is C10H9BrFN3S. The normalized spacial score (nSPS) is 10.7. The lowest BCUT2D eigenvalue weighted by Gasteiger charge is -2.03. The SMILES string of the molecule is Cn1cnnc1SCc1ccc(F)cc1Br. The van der Waals surface area contributed by atoms with Crippen molar-refractivity contribution in [2.75, 3.05) is 0 Å². The maximum atomic E-state index is 12.9. The largest absolute Gasteiger partial charge is 0.312 e. The van der Waals surface area contributed by atoms with Crippen molar-refractivity contribution >= 4 is 27.7 Å². The van der Waals surface area contributed by atoms with E-state index in [-0.39, 0.29) is 5.82 Å². The van der Waals surface area contributed by atoms with Gasteiger partial charge >= 0.3 is 0 Å². The lowest BCUT2D eigenvalue weighted by Crippen LogP contribution is -1.90. The number of aromatic nitrogens is 3. The van der Waals surface area contributed by atoms with Crippen LogP contribution < -0.4 is 0 Å². The van der Waals surface area contributed by atoms with Gasteiger partial charge in [0.2, 0.25) is 0 Å². The Bertz CT molecular complexity index is 501. The smallest absolute Gasteiger partial charge is 0.191 e. The average molecular weight is 302 g/mol. The van der Waals surface area contributed by atoms with E-state index in [1.807, 2.05) is 11.6 Å². The minimum atomic E-state index is -0.237. The van der Waals surface area contributed by atoms with Crippen molar-refractivity contribution in [1.82, 2.24) is 14.8 Å². The Balaban J connectivity index is 2.08. The predicted octanol–water partition coefficient (Wildman–Crippen LogP) is 3.01. The third kappa shape index (κ3) is 2.62. The highest BCUT2D eigenvalue weighted by molar-refractivity contribution is 9.10. The van der Waals surface area contributed by atoms with Crippen LogP contribution in [-0.2, 0) is 12.8 Å². The zero-order valence-corrected chi connectivity index (χ0v) is 10.9. The van der Waals surface area contributed by atoms with E-state index in [0.717, 1.165) is 20.9 Å².